The Kier molecular flexibility index (Phi) is 4.64. The van der Waals surface area contributed by atoms with Gasteiger partial charge in [0, 0.05) is 25.5 Å². The highest BCUT2D eigenvalue weighted by Crippen LogP contribution is 2.09. The Bertz CT molecular complexity index is 514. The van der Waals surface area contributed by atoms with Crippen LogP contribution in [0.1, 0.15) is 15.9 Å². The number of benzene rings is 1. The minimum atomic E-state index is -0.119. The van der Waals surface area contributed by atoms with Gasteiger partial charge in [-0.3, -0.25) is 9.78 Å². The van der Waals surface area contributed by atoms with Gasteiger partial charge in [0.2, 0.25) is 0 Å². The first-order chi connectivity index (χ1) is 9.31. The minimum absolute atomic E-state index is 0.0567. The number of carbonyl (C=O) groups excluding carboxylic acids is 1. The molecular formula is C15H16N2O2. The van der Waals surface area contributed by atoms with Crippen LogP contribution >= 0.6 is 0 Å². The van der Waals surface area contributed by atoms with E-state index in [1.807, 2.05) is 30.3 Å². The first-order valence-electron chi connectivity index (χ1n) is 6.15. The van der Waals surface area contributed by atoms with Gasteiger partial charge in [-0.05, 0) is 17.7 Å². The fourth-order valence-electron chi connectivity index (χ4n) is 1.85. The normalized spacial score (nSPS) is 10.2. The number of nitrogens with zero attached hydrogens (tertiary/aromatic N) is 2. The van der Waals surface area contributed by atoms with Gasteiger partial charge in [-0.25, -0.2) is 0 Å². The summed E-state index contributed by atoms with van der Waals surface area (Å²) in [4.78, 5) is 17.9. The predicted octanol–water partition coefficient (Wildman–Crippen LogP) is 1.72. The molecule has 0 bridgehead atoms. The molecule has 0 unspecified atom stereocenters. The Labute approximate surface area is 112 Å². The zero-order valence-electron chi connectivity index (χ0n) is 10.6. The molecule has 4 heteroatoms. The molecule has 0 fully saturated rings. The summed E-state index contributed by atoms with van der Waals surface area (Å²) in [6.07, 6.45) is 3.17. The lowest BCUT2D eigenvalue weighted by Crippen LogP contribution is -2.33. The maximum Gasteiger partial charge on any atom is 0.255 e. The van der Waals surface area contributed by atoms with Gasteiger partial charge >= 0.3 is 0 Å². The summed E-state index contributed by atoms with van der Waals surface area (Å²) >= 11 is 0. The predicted molar refractivity (Wildman–Crippen MR) is 72.5 cm³/mol. The third-order valence-electron chi connectivity index (χ3n) is 2.78. The number of rotatable bonds is 5. The maximum atomic E-state index is 12.3. The molecule has 1 N–H and O–H groups in total. The zero-order chi connectivity index (χ0) is 13.5. The van der Waals surface area contributed by atoms with E-state index >= 15 is 0 Å². The fourth-order valence-corrected chi connectivity index (χ4v) is 1.85. The topological polar surface area (TPSA) is 53.4 Å². The molecule has 0 atom stereocenters. The van der Waals surface area contributed by atoms with Gasteiger partial charge in [0.15, 0.2) is 0 Å². The molecule has 0 aliphatic carbocycles. The van der Waals surface area contributed by atoms with Gasteiger partial charge < -0.3 is 10.0 Å². The molecule has 98 valence electrons. The molecule has 1 aromatic heterocycles. The minimum Gasteiger partial charge on any atom is -0.395 e. The van der Waals surface area contributed by atoms with Crippen molar-refractivity contribution in [2.45, 2.75) is 6.54 Å². The Morgan fingerprint density at radius 1 is 1.16 bits per heavy atom. The SMILES string of the molecule is O=C(c1cccnc1)N(CCO)Cc1ccccc1. The van der Waals surface area contributed by atoms with Crippen LogP contribution in [-0.4, -0.2) is 34.0 Å². The van der Waals surface area contributed by atoms with Crippen molar-refractivity contribution in [3.05, 3.63) is 66.0 Å². The maximum absolute atomic E-state index is 12.3. The van der Waals surface area contributed by atoms with Gasteiger partial charge in [-0.15, -0.1) is 0 Å². The number of amides is 1. The van der Waals surface area contributed by atoms with Gasteiger partial charge in [-0.2, -0.15) is 0 Å². The van der Waals surface area contributed by atoms with E-state index in [9.17, 15) is 4.79 Å². The Hall–Kier alpha value is -2.20. The summed E-state index contributed by atoms with van der Waals surface area (Å²) in [5, 5.41) is 9.10. The fraction of sp³-hybridized carbons (Fsp3) is 0.200. The lowest BCUT2D eigenvalue weighted by Gasteiger charge is -2.21. The number of aromatic nitrogens is 1. The number of aliphatic hydroxyl groups excluding tert-OH is 1. The van der Waals surface area contributed by atoms with Crippen molar-refractivity contribution in [2.24, 2.45) is 0 Å². The summed E-state index contributed by atoms with van der Waals surface area (Å²) in [5.74, 6) is -0.119. The first-order valence-corrected chi connectivity index (χ1v) is 6.15. The van der Waals surface area contributed by atoms with Crippen molar-refractivity contribution >= 4 is 5.91 Å². The lowest BCUT2D eigenvalue weighted by molar-refractivity contribution is 0.0707. The molecule has 0 radical (unpaired) electrons. The van der Waals surface area contributed by atoms with Gasteiger partial charge in [0.1, 0.15) is 0 Å². The highest BCUT2D eigenvalue weighted by Gasteiger charge is 2.15. The summed E-state index contributed by atoms with van der Waals surface area (Å²) in [6, 6.07) is 13.2. The number of hydrogen-bond acceptors (Lipinski definition) is 3. The van der Waals surface area contributed by atoms with E-state index in [4.69, 9.17) is 5.11 Å². The van der Waals surface area contributed by atoms with E-state index in [-0.39, 0.29) is 12.5 Å². The van der Waals surface area contributed by atoms with Crippen LogP contribution in [0, 0.1) is 0 Å². The Morgan fingerprint density at radius 2 is 1.95 bits per heavy atom. The van der Waals surface area contributed by atoms with Crippen LogP contribution in [0.3, 0.4) is 0 Å². The molecule has 2 rings (SSSR count). The van der Waals surface area contributed by atoms with Gasteiger partial charge in [0.25, 0.3) is 5.91 Å². The molecule has 0 aliphatic rings. The third kappa shape index (κ3) is 3.63. The summed E-state index contributed by atoms with van der Waals surface area (Å²) in [6.45, 7) is 0.733. The molecule has 0 spiro atoms. The van der Waals surface area contributed by atoms with Gasteiger partial charge in [0.05, 0.1) is 12.2 Å². The van der Waals surface area contributed by atoms with Crippen LogP contribution < -0.4 is 0 Å². The molecule has 1 amide bonds. The van der Waals surface area contributed by atoms with Gasteiger partial charge in [-0.1, -0.05) is 30.3 Å². The smallest absolute Gasteiger partial charge is 0.255 e. The van der Waals surface area contributed by atoms with Crippen LogP contribution in [0.2, 0.25) is 0 Å². The highest BCUT2D eigenvalue weighted by atomic mass is 16.3. The molecule has 0 saturated carbocycles. The molecule has 1 heterocycles. The van der Waals surface area contributed by atoms with Crippen molar-refractivity contribution < 1.29 is 9.90 Å². The van der Waals surface area contributed by atoms with E-state index in [0.29, 0.717) is 18.7 Å². The standard InChI is InChI=1S/C15H16N2O2/c18-10-9-17(12-13-5-2-1-3-6-13)15(19)14-7-4-8-16-11-14/h1-8,11,18H,9-10,12H2. The molecule has 4 nitrogen and oxygen atoms in total. The average molecular weight is 256 g/mol. The van der Waals surface area contributed by atoms with Crippen LogP contribution in [0.5, 0.6) is 0 Å². The number of aliphatic hydroxyl groups is 1. The summed E-state index contributed by atoms with van der Waals surface area (Å²) < 4.78 is 0. The van der Waals surface area contributed by atoms with E-state index in [1.54, 1.807) is 23.2 Å². The molecule has 19 heavy (non-hydrogen) atoms. The Balaban J connectivity index is 2.14. The average Bonchev–Trinajstić information content (AvgIpc) is 2.48. The number of pyridine rings is 1. The molecule has 1 aromatic carbocycles. The second kappa shape index (κ2) is 6.66. The van der Waals surface area contributed by atoms with Crippen molar-refractivity contribution in [2.75, 3.05) is 13.2 Å². The second-order valence-corrected chi connectivity index (χ2v) is 4.18. The van der Waals surface area contributed by atoms with E-state index < -0.39 is 0 Å². The largest absolute Gasteiger partial charge is 0.395 e. The van der Waals surface area contributed by atoms with Crippen LogP contribution in [0.4, 0.5) is 0 Å². The summed E-state index contributed by atoms with van der Waals surface area (Å²) in [5.41, 5.74) is 1.57. The molecule has 2 aromatic rings. The Morgan fingerprint density at radius 3 is 2.58 bits per heavy atom. The number of carbonyl (C=O) groups is 1. The second-order valence-electron chi connectivity index (χ2n) is 4.18. The summed E-state index contributed by atoms with van der Waals surface area (Å²) in [7, 11) is 0. The van der Waals surface area contributed by atoms with E-state index in [1.165, 1.54) is 6.20 Å². The van der Waals surface area contributed by atoms with E-state index in [0.717, 1.165) is 5.56 Å². The molecule has 0 aliphatic heterocycles. The van der Waals surface area contributed by atoms with Crippen LogP contribution in [-0.2, 0) is 6.54 Å². The number of hydrogen-bond donors (Lipinski definition) is 1. The highest BCUT2D eigenvalue weighted by molar-refractivity contribution is 5.93. The van der Waals surface area contributed by atoms with E-state index in [2.05, 4.69) is 4.98 Å². The lowest BCUT2D eigenvalue weighted by atomic mass is 10.2. The van der Waals surface area contributed by atoms with Crippen molar-refractivity contribution in [1.82, 2.24) is 9.88 Å². The van der Waals surface area contributed by atoms with Crippen LogP contribution in [0.25, 0.3) is 0 Å². The quantitative estimate of drug-likeness (QED) is 0.886. The first kappa shape index (κ1) is 13.2. The van der Waals surface area contributed by atoms with Crippen LogP contribution in [0.15, 0.2) is 54.9 Å². The van der Waals surface area contributed by atoms with Crippen molar-refractivity contribution in [1.29, 1.82) is 0 Å². The zero-order valence-corrected chi connectivity index (χ0v) is 10.6. The van der Waals surface area contributed by atoms with Crippen molar-refractivity contribution in [3.63, 3.8) is 0 Å². The third-order valence-corrected chi connectivity index (χ3v) is 2.78. The monoisotopic (exact) mass is 256 g/mol. The molecule has 0 saturated heterocycles. The molecular weight excluding hydrogens is 240 g/mol. The van der Waals surface area contributed by atoms with Crippen molar-refractivity contribution in [3.8, 4) is 0 Å².